The van der Waals surface area contributed by atoms with Crippen LogP contribution in [0.1, 0.15) is 23.1 Å². The van der Waals surface area contributed by atoms with Gasteiger partial charge in [-0.25, -0.2) is 8.78 Å². The number of nitrogens with zero attached hydrogens (tertiary/aromatic N) is 1. The molecule has 0 fully saturated rings. The maximum absolute atomic E-state index is 12.5. The molecule has 0 atom stereocenters. The summed E-state index contributed by atoms with van der Waals surface area (Å²) in [6.07, 6.45) is 0.189. The predicted octanol–water partition coefficient (Wildman–Crippen LogP) is 4.71. The van der Waals surface area contributed by atoms with Crippen molar-refractivity contribution in [1.82, 2.24) is 0 Å². The van der Waals surface area contributed by atoms with Crippen LogP contribution in [0.4, 0.5) is 8.78 Å². The van der Waals surface area contributed by atoms with Crippen LogP contribution in [0.3, 0.4) is 0 Å². The van der Waals surface area contributed by atoms with Crippen LogP contribution in [-0.4, -0.2) is 6.21 Å². The summed E-state index contributed by atoms with van der Waals surface area (Å²) >= 11 is 5.74. The average molecular weight is 295 g/mol. The van der Waals surface area contributed by atoms with Gasteiger partial charge in [-0.3, -0.25) is 0 Å². The second-order valence-electron chi connectivity index (χ2n) is 4.03. The minimum absolute atomic E-state index is 0.0308. The van der Waals surface area contributed by atoms with Gasteiger partial charge in [0.05, 0.1) is 0 Å². The summed E-state index contributed by atoms with van der Waals surface area (Å²) in [5.74, 6) is 0. The number of hydrogen-bond donors (Lipinski definition) is 0. The SMILES string of the molecule is FC(F)c1cccc(CO/N=[C]\c2ccc(Cl)cc2)c1. The van der Waals surface area contributed by atoms with Crippen LogP contribution in [-0.2, 0) is 11.4 Å². The Bertz CT molecular complexity index is 585. The molecule has 2 aromatic carbocycles. The van der Waals surface area contributed by atoms with Gasteiger partial charge >= 0.3 is 0 Å². The van der Waals surface area contributed by atoms with E-state index in [1.165, 1.54) is 12.1 Å². The van der Waals surface area contributed by atoms with Crippen LogP contribution in [0, 0.1) is 0 Å². The maximum atomic E-state index is 12.5. The maximum Gasteiger partial charge on any atom is 0.263 e. The third-order valence-corrected chi connectivity index (χ3v) is 2.77. The molecule has 1 radical (unpaired) electrons. The molecule has 0 saturated heterocycles. The Morgan fingerprint density at radius 3 is 2.60 bits per heavy atom. The largest absolute Gasteiger partial charge is 0.390 e. The standard InChI is InChI=1S/C15H11ClF2NO/c16-14-6-4-11(5-7-14)9-19-20-10-12-2-1-3-13(8-12)15(17)18/h1-8,15H,10H2. The van der Waals surface area contributed by atoms with Gasteiger partial charge in [0.15, 0.2) is 0 Å². The fraction of sp³-hybridized carbons (Fsp3) is 0.133. The Labute approximate surface area is 120 Å². The van der Waals surface area contributed by atoms with E-state index in [1.807, 2.05) is 0 Å². The molecule has 0 bridgehead atoms. The van der Waals surface area contributed by atoms with E-state index in [1.54, 1.807) is 36.4 Å². The molecule has 0 saturated carbocycles. The van der Waals surface area contributed by atoms with E-state index in [9.17, 15) is 8.78 Å². The molecule has 0 aliphatic rings. The minimum atomic E-state index is -2.49. The minimum Gasteiger partial charge on any atom is -0.390 e. The first-order chi connectivity index (χ1) is 9.65. The fourth-order valence-electron chi connectivity index (χ4n) is 1.53. The Morgan fingerprint density at radius 2 is 1.90 bits per heavy atom. The third kappa shape index (κ3) is 4.31. The van der Waals surface area contributed by atoms with Gasteiger partial charge in [0.1, 0.15) is 12.8 Å². The zero-order valence-electron chi connectivity index (χ0n) is 10.4. The summed E-state index contributed by atoms with van der Waals surface area (Å²) in [6, 6.07) is 12.9. The van der Waals surface area contributed by atoms with E-state index in [0.29, 0.717) is 10.6 Å². The second kappa shape index (κ2) is 7.01. The molecule has 5 heteroatoms. The summed E-state index contributed by atoms with van der Waals surface area (Å²) in [5, 5.41) is 4.29. The monoisotopic (exact) mass is 294 g/mol. The molecule has 0 unspecified atom stereocenters. The number of halogens is 3. The number of benzene rings is 2. The first kappa shape index (κ1) is 14.5. The molecule has 0 N–H and O–H groups in total. The Balaban J connectivity index is 1.89. The van der Waals surface area contributed by atoms with E-state index in [-0.39, 0.29) is 12.2 Å². The molecule has 0 aromatic heterocycles. The van der Waals surface area contributed by atoms with Gasteiger partial charge < -0.3 is 4.84 Å². The van der Waals surface area contributed by atoms with Crippen molar-refractivity contribution in [1.29, 1.82) is 0 Å². The number of hydrogen-bond acceptors (Lipinski definition) is 2. The van der Waals surface area contributed by atoms with Crippen LogP contribution < -0.4 is 0 Å². The number of alkyl halides is 2. The Hall–Kier alpha value is -1.94. The van der Waals surface area contributed by atoms with Gasteiger partial charge in [-0.2, -0.15) is 0 Å². The highest BCUT2D eigenvalue weighted by atomic mass is 35.5. The fourth-order valence-corrected chi connectivity index (χ4v) is 1.66. The van der Waals surface area contributed by atoms with Crippen molar-refractivity contribution >= 4 is 17.8 Å². The normalized spacial score (nSPS) is 11.2. The molecule has 0 aliphatic heterocycles. The van der Waals surface area contributed by atoms with Crippen LogP contribution in [0.15, 0.2) is 53.7 Å². The predicted molar refractivity (Wildman–Crippen MR) is 74.2 cm³/mol. The summed E-state index contributed by atoms with van der Waals surface area (Å²) in [5.41, 5.74) is 1.32. The third-order valence-electron chi connectivity index (χ3n) is 2.52. The van der Waals surface area contributed by atoms with Crippen LogP contribution >= 0.6 is 11.6 Å². The molecule has 2 nitrogen and oxygen atoms in total. The first-order valence-electron chi connectivity index (χ1n) is 5.86. The highest BCUT2D eigenvalue weighted by Crippen LogP contribution is 2.19. The van der Waals surface area contributed by atoms with Gasteiger partial charge in [0.25, 0.3) is 6.43 Å². The molecule has 0 aliphatic carbocycles. The van der Waals surface area contributed by atoms with Crippen molar-refractivity contribution in [3.05, 3.63) is 70.2 Å². The summed E-state index contributed by atoms with van der Waals surface area (Å²) in [4.78, 5) is 5.02. The van der Waals surface area contributed by atoms with Gasteiger partial charge in [-0.15, -0.1) is 0 Å². The molecule has 20 heavy (non-hydrogen) atoms. The average Bonchev–Trinajstić information content (AvgIpc) is 2.46. The zero-order chi connectivity index (χ0) is 14.4. The summed E-state index contributed by atoms with van der Waals surface area (Å²) in [7, 11) is 0. The molecule has 0 heterocycles. The molecule has 0 amide bonds. The quantitative estimate of drug-likeness (QED) is 0.578. The van der Waals surface area contributed by atoms with Crippen molar-refractivity contribution in [2.24, 2.45) is 5.16 Å². The topological polar surface area (TPSA) is 21.6 Å². The lowest BCUT2D eigenvalue weighted by atomic mass is 10.1. The molecule has 2 rings (SSSR count). The van der Waals surface area contributed by atoms with E-state index < -0.39 is 6.43 Å². The van der Waals surface area contributed by atoms with Crippen LogP contribution in [0.25, 0.3) is 0 Å². The summed E-state index contributed by atoms with van der Waals surface area (Å²) in [6.45, 7) is 0.112. The molecular weight excluding hydrogens is 284 g/mol. The van der Waals surface area contributed by atoms with Gasteiger partial charge in [-0.1, -0.05) is 47.1 Å². The number of rotatable bonds is 5. The Kier molecular flexibility index (Phi) is 5.07. The second-order valence-corrected chi connectivity index (χ2v) is 4.47. The van der Waals surface area contributed by atoms with Crippen molar-refractivity contribution < 1.29 is 13.6 Å². The first-order valence-corrected chi connectivity index (χ1v) is 6.23. The van der Waals surface area contributed by atoms with Crippen molar-refractivity contribution in [3.8, 4) is 0 Å². The lowest BCUT2D eigenvalue weighted by molar-refractivity contribution is 0.130. The van der Waals surface area contributed by atoms with Crippen molar-refractivity contribution in [3.63, 3.8) is 0 Å². The van der Waals surface area contributed by atoms with Crippen molar-refractivity contribution in [2.75, 3.05) is 0 Å². The Morgan fingerprint density at radius 1 is 1.15 bits per heavy atom. The highest BCUT2D eigenvalue weighted by molar-refractivity contribution is 6.30. The van der Waals surface area contributed by atoms with Gasteiger partial charge in [-0.05, 0) is 23.8 Å². The van der Waals surface area contributed by atoms with E-state index in [0.717, 1.165) is 5.56 Å². The zero-order valence-corrected chi connectivity index (χ0v) is 11.1. The van der Waals surface area contributed by atoms with E-state index >= 15 is 0 Å². The molecular formula is C15H11ClF2NO. The van der Waals surface area contributed by atoms with E-state index in [4.69, 9.17) is 16.4 Å². The van der Waals surface area contributed by atoms with Crippen molar-refractivity contribution in [2.45, 2.75) is 13.0 Å². The smallest absolute Gasteiger partial charge is 0.263 e. The van der Waals surface area contributed by atoms with Gasteiger partial charge in [0.2, 0.25) is 0 Å². The van der Waals surface area contributed by atoms with Crippen LogP contribution in [0.5, 0.6) is 0 Å². The highest BCUT2D eigenvalue weighted by Gasteiger charge is 2.06. The lowest BCUT2D eigenvalue weighted by Crippen LogP contribution is -1.91. The molecule has 2 aromatic rings. The van der Waals surface area contributed by atoms with Crippen LogP contribution in [0.2, 0.25) is 5.02 Å². The molecule has 103 valence electrons. The summed E-state index contributed by atoms with van der Waals surface area (Å²) < 4.78 is 25.0. The van der Waals surface area contributed by atoms with Gasteiger partial charge in [0, 0.05) is 16.1 Å². The lowest BCUT2D eigenvalue weighted by Gasteiger charge is -2.03. The van der Waals surface area contributed by atoms with E-state index in [2.05, 4.69) is 11.4 Å². The molecule has 0 spiro atoms.